The third-order valence-electron chi connectivity index (χ3n) is 4.68. The van der Waals surface area contributed by atoms with E-state index >= 15 is 0 Å². The van der Waals surface area contributed by atoms with Crippen molar-refractivity contribution < 1.29 is 4.42 Å². The number of para-hydroxylation sites is 2. The van der Waals surface area contributed by atoms with E-state index < -0.39 is 5.76 Å². The Balaban J connectivity index is 1.61. The minimum Gasteiger partial charge on any atom is -0.406 e. The molecule has 2 aromatic carbocycles. The predicted octanol–water partition coefficient (Wildman–Crippen LogP) is 4.61. The van der Waals surface area contributed by atoms with E-state index in [0.29, 0.717) is 22.9 Å². The zero-order chi connectivity index (χ0) is 20.6. The fourth-order valence-corrected chi connectivity index (χ4v) is 2.98. The van der Waals surface area contributed by atoms with E-state index in [1.54, 1.807) is 18.3 Å². The first-order valence-electron chi connectivity index (χ1n) is 9.40. The molecule has 0 amide bonds. The fourth-order valence-electron chi connectivity index (χ4n) is 2.98. The van der Waals surface area contributed by atoms with E-state index in [4.69, 9.17) is 4.42 Å². The minimum atomic E-state index is -0.503. The first-order valence-corrected chi connectivity index (χ1v) is 9.40. The van der Waals surface area contributed by atoms with Gasteiger partial charge in [0.15, 0.2) is 11.4 Å². The van der Waals surface area contributed by atoms with E-state index in [0.717, 1.165) is 11.3 Å². The number of anilines is 3. The van der Waals surface area contributed by atoms with Crippen LogP contribution in [0.2, 0.25) is 0 Å². The Kier molecular flexibility index (Phi) is 4.58. The van der Waals surface area contributed by atoms with Crippen LogP contribution < -0.4 is 16.5 Å². The fraction of sp³-hybridized carbons (Fsp3) is 0.227. The molecule has 0 saturated carbocycles. The maximum Gasteiger partial charge on any atom is 0.439 e. The summed E-state index contributed by atoms with van der Waals surface area (Å²) in [5.74, 6) is 0.446. The van der Waals surface area contributed by atoms with Gasteiger partial charge in [-0.1, -0.05) is 45.0 Å². The van der Waals surface area contributed by atoms with Gasteiger partial charge in [-0.2, -0.15) is 9.66 Å². The third-order valence-corrected chi connectivity index (χ3v) is 4.68. The molecular formula is C22H23N5O2. The molecule has 0 atom stereocenters. The van der Waals surface area contributed by atoms with Crippen molar-refractivity contribution in [1.29, 1.82) is 0 Å². The highest BCUT2D eigenvalue weighted by atomic mass is 16.4. The highest BCUT2D eigenvalue weighted by Gasteiger charge is 2.14. The van der Waals surface area contributed by atoms with Gasteiger partial charge in [0.05, 0.1) is 0 Å². The van der Waals surface area contributed by atoms with Crippen LogP contribution in [0.3, 0.4) is 0 Å². The molecule has 0 fully saturated rings. The van der Waals surface area contributed by atoms with E-state index in [1.807, 2.05) is 31.2 Å². The molecule has 0 saturated heterocycles. The summed E-state index contributed by atoms with van der Waals surface area (Å²) in [5.41, 5.74) is 7.22. The Morgan fingerprint density at radius 3 is 2.48 bits per heavy atom. The lowest BCUT2D eigenvalue weighted by Gasteiger charge is -2.19. The molecule has 0 radical (unpaired) electrons. The van der Waals surface area contributed by atoms with Gasteiger partial charge >= 0.3 is 5.76 Å². The number of hydrogen-bond donors (Lipinski definition) is 2. The number of oxazole rings is 1. The zero-order valence-corrected chi connectivity index (χ0v) is 16.9. The molecule has 0 aliphatic rings. The van der Waals surface area contributed by atoms with Crippen molar-refractivity contribution in [2.75, 3.05) is 10.7 Å². The van der Waals surface area contributed by atoms with E-state index in [1.165, 1.54) is 10.2 Å². The Bertz CT molecular complexity index is 1220. The van der Waals surface area contributed by atoms with Crippen LogP contribution in [0, 0.1) is 6.92 Å². The first-order chi connectivity index (χ1) is 13.8. The van der Waals surface area contributed by atoms with Crippen LogP contribution in [-0.2, 0) is 5.41 Å². The van der Waals surface area contributed by atoms with Gasteiger partial charge in [0.25, 0.3) is 0 Å². The molecule has 0 aliphatic heterocycles. The van der Waals surface area contributed by atoms with Crippen molar-refractivity contribution >= 4 is 28.6 Å². The lowest BCUT2D eigenvalue weighted by molar-refractivity contribution is 0.532. The molecule has 0 aliphatic carbocycles. The second kappa shape index (κ2) is 7.09. The summed E-state index contributed by atoms with van der Waals surface area (Å²) in [4.78, 5) is 21.1. The smallest absolute Gasteiger partial charge is 0.406 e. The highest BCUT2D eigenvalue weighted by Crippen LogP contribution is 2.25. The summed E-state index contributed by atoms with van der Waals surface area (Å²) < 4.78 is 6.60. The molecule has 2 heterocycles. The van der Waals surface area contributed by atoms with E-state index in [9.17, 15) is 4.79 Å². The lowest BCUT2D eigenvalue weighted by atomic mass is 9.87. The van der Waals surface area contributed by atoms with Crippen LogP contribution in [0.15, 0.2) is 63.9 Å². The molecule has 4 rings (SSSR count). The van der Waals surface area contributed by atoms with Crippen LogP contribution in [0.1, 0.15) is 31.9 Å². The zero-order valence-electron chi connectivity index (χ0n) is 16.9. The van der Waals surface area contributed by atoms with Gasteiger partial charge in [0.2, 0.25) is 5.95 Å². The molecule has 0 spiro atoms. The van der Waals surface area contributed by atoms with E-state index in [-0.39, 0.29) is 5.41 Å². The van der Waals surface area contributed by atoms with Gasteiger partial charge < -0.3 is 9.73 Å². The van der Waals surface area contributed by atoms with Gasteiger partial charge in [0, 0.05) is 17.4 Å². The molecule has 2 N–H and O–H groups in total. The second-order valence-electron chi connectivity index (χ2n) is 7.96. The van der Waals surface area contributed by atoms with E-state index in [2.05, 4.69) is 53.6 Å². The second-order valence-corrected chi connectivity index (χ2v) is 7.96. The summed E-state index contributed by atoms with van der Waals surface area (Å²) in [6.07, 6.45) is 1.70. The standard InChI is InChI=1S/C22H23N5O2/c1-14-13-23-20(24-16-11-9-15(10-12-16)22(2,3)4)25-19(14)26-27-17-7-5-6-8-18(17)29-21(27)28/h5-13H,1-4H3,(H2,23,24,25,26). The van der Waals surface area contributed by atoms with Gasteiger partial charge in [-0.25, -0.2) is 9.78 Å². The number of hydrogen-bond acceptors (Lipinski definition) is 6. The summed E-state index contributed by atoms with van der Waals surface area (Å²) in [5, 5.41) is 3.21. The summed E-state index contributed by atoms with van der Waals surface area (Å²) in [6.45, 7) is 8.41. The SMILES string of the molecule is Cc1cnc(Nc2ccc(C(C)(C)C)cc2)nc1Nn1c(=O)oc2ccccc21. The monoisotopic (exact) mass is 389 g/mol. The van der Waals surface area contributed by atoms with Gasteiger partial charge in [-0.05, 0) is 42.2 Å². The predicted molar refractivity (Wildman–Crippen MR) is 115 cm³/mol. The van der Waals surface area contributed by atoms with Crippen LogP contribution in [0.25, 0.3) is 11.1 Å². The third kappa shape index (κ3) is 3.85. The van der Waals surface area contributed by atoms with Crippen molar-refractivity contribution in [3.63, 3.8) is 0 Å². The molecule has 29 heavy (non-hydrogen) atoms. The normalized spacial score (nSPS) is 11.6. The quantitative estimate of drug-likeness (QED) is 0.530. The van der Waals surface area contributed by atoms with Gasteiger partial charge in [-0.3, -0.25) is 5.43 Å². The molecular weight excluding hydrogens is 366 g/mol. The minimum absolute atomic E-state index is 0.0939. The molecule has 0 unspecified atom stereocenters. The van der Waals surface area contributed by atoms with Crippen molar-refractivity contribution in [2.45, 2.75) is 33.1 Å². The lowest BCUT2D eigenvalue weighted by Crippen LogP contribution is -2.23. The molecule has 2 aromatic heterocycles. The molecule has 148 valence electrons. The van der Waals surface area contributed by atoms with Crippen LogP contribution >= 0.6 is 0 Å². The first kappa shape index (κ1) is 18.7. The van der Waals surface area contributed by atoms with Gasteiger partial charge in [0.1, 0.15) is 5.52 Å². The Morgan fingerprint density at radius 2 is 1.76 bits per heavy atom. The van der Waals surface area contributed by atoms with Crippen molar-refractivity contribution in [3.05, 3.63) is 76.4 Å². The van der Waals surface area contributed by atoms with Crippen molar-refractivity contribution in [2.24, 2.45) is 0 Å². The number of aryl methyl sites for hydroxylation is 1. The van der Waals surface area contributed by atoms with Crippen molar-refractivity contribution in [3.8, 4) is 0 Å². The maximum atomic E-state index is 12.2. The largest absolute Gasteiger partial charge is 0.439 e. The summed E-state index contributed by atoms with van der Waals surface area (Å²) in [7, 11) is 0. The summed E-state index contributed by atoms with van der Waals surface area (Å²) >= 11 is 0. The maximum absolute atomic E-state index is 12.2. The number of nitrogens with one attached hydrogen (secondary N) is 2. The number of fused-ring (bicyclic) bond motifs is 1. The molecule has 0 bridgehead atoms. The summed E-state index contributed by atoms with van der Waals surface area (Å²) in [6, 6.07) is 15.4. The van der Waals surface area contributed by atoms with Crippen LogP contribution in [0.5, 0.6) is 0 Å². The average molecular weight is 389 g/mol. The number of nitrogens with zero attached hydrogens (tertiary/aromatic N) is 3. The molecule has 4 aromatic rings. The molecule has 7 heteroatoms. The topological polar surface area (TPSA) is 85.0 Å². The number of aromatic nitrogens is 3. The Hall–Kier alpha value is -3.61. The number of benzene rings is 2. The van der Waals surface area contributed by atoms with Crippen molar-refractivity contribution in [1.82, 2.24) is 14.6 Å². The molecule has 7 nitrogen and oxygen atoms in total. The average Bonchev–Trinajstić information content (AvgIpc) is 2.99. The number of rotatable bonds is 4. The Labute approximate surface area is 168 Å². The van der Waals surface area contributed by atoms with Gasteiger partial charge in [-0.15, -0.1) is 0 Å². The highest BCUT2D eigenvalue weighted by molar-refractivity contribution is 5.73. The van der Waals surface area contributed by atoms with Crippen LogP contribution in [0.4, 0.5) is 17.5 Å². The Morgan fingerprint density at radius 1 is 1.03 bits per heavy atom. The van der Waals surface area contributed by atoms with Crippen LogP contribution in [-0.4, -0.2) is 14.6 Å².